The molecule has 0 radical (unpaired) electrons. The fourth-order valence-corrected chi connectivity index (χ4v) is 3.80. The summed E-state index contributed by atoms with van der Waals surface area (Å²) in [5, 5.41) is 9.05. The highest BCUT2D eigenvalue weighted by atomic mass is 16.4. The van der Waals surface area contributed by atoms with Gasteiger partial charge in [0.05, 0.1) is 5.56 Å². The predicted octanol–water partition coefficient (Wildman–Crippen LogP) is 4.01. The first-order valence-electron chi connectivity index (χ1n) is 11.2. The average molecular weight is 424 g/mol. The number of benzene rings is 1. The molecule has 0 spiro atoms. The quantitative estimate of drug-likeness (QED) is 0.493. The molecule has 1 N–H and O–H groups in total. The molecule has 0 aliphatic heterocycles. The number of aromatic nitrogens is 1. The monoisotopic (exact) mass is 423 g/mol. The molecule has 1 aliphatic rings. The minimum Gasteiger partial charge on any atom is -0.478 e. The van der Waals surface area contributed by atoms with E-state index in [9.17, 15) is 9.59 Å². The molecule has 0 bridgehead atoms. The van der Waals surface area contributed by atoms with Crippen LogP contribution in [0.3, 0.4) is 0 Å². The van der Waals surface area contributed by atoms with Crippen molar-refractivity contribution in [2.24, 2.45) is 0 Å². The zero-order valence-electron chi connectivity index (χ0n) is 18.4. The molecular formula is C25H33N3O3. The van der Waals surface area contributed by atoms with Crippen molar-refractivity contribution < 1.29 is 14.7 Å². The SMILES string of the molecule is CN(CCCCN(Cc1ccccc1)C1CC1)C(=O)CCCc1cc(C(=O)O)ccn1. The van der Waals surface area contributed by atoms with E-state index in [0.717, 1.165) is 38.5 Å². The Bertz CT molecular complexity index is 852. The number of carbonyl (C=O) groups excluding carboxylic acids is 1. The van der Waals surface area contributed by atoms with Crippen molar-refractivity contribution >= 4 is 11.9 Å². The summed E-state index contributed by atoms with van der Waals surface area (Å²) < 4.78 is 0. The van der Waals surface area contributed by atoms with Gasteiger partial charge in [0, 0.05) is 44.5 Å². The molecular weight excluding hydrogens is 390 g/mol. The van der Waals surface area contributed by atoms with Crippen LogP contribution < -0.4 is 0 Å². The number of nitrogens with zero attached hydrogens (tertiary/aromatic N) is 3. The van der Waals surface area contributed by atoms with Gasteiger partial charge in [-0.05, 0) is 62.8 Å². The summed E-state index contributed by atoms with van der Waals surface area (Å²) in [7, 11) is 1.87. The molecule has 166 valence electrons. The summed E-state index contributed by atoms with van der Waals surface area (Å²) in [5.74, 6) is -0.818. The van der Waals surface area contributed by atoms with Crippen LogP contribution >= 0.6 is 0 Å². The summed E-state index contributed by atoms with van der Waals surface area (Å²) in [6.45, 7) is 2.86. The summed E-state index contributed by atoms with van der Waals surface area (Å²) in [6, 6.07) is 14.4. The van der Waals surface area contributed by atoms with Gasteiger partial charge >= 0.3 is 5.97 Å². The van der Waals surface area contributed by atoms with Gasteiger partial charge in [0.15, 0.2) is 0 Å². The first-order chi connectivity index (χ1) is 15.0. The summed E-state index contributed by atoms with van der Waals surface area (Å²) in [4.78, 5) is 32.0. The number of amides is 1. The van der Waals surface area contributed by atoms with Crippen molar-refractivity contribution in [2.45, 2.75) is 57.5 Å². The third-order valence-electron chi connectivity index (χ3n) is 5.79. The molecule has 1 aromatic carbocycles. The Hall–Kier alpha value is -2.73. The Labute approximate surface area is 184 Å². The van der Waals surface area contributed by atoms with E-state index in [0.29, 0.717) is 25.0 Å². The van der Waals surface area contributed by atoms with Crippen LogP contribution in [0.15, 0.2) is 48.7 Å². The highest BCUT2D eigenvalue weighted by molar-refractivity contribution is 5.87. The van der Waals surface area contributed by atoms with E-state index in [1.807, 2.05) is 11.9 Å². The molecule has 1 fully saturated rings. The predicted molar refractivity (Wildman–Crippen MR) is 121 cm³/mol. The molecule has 31 heavy (non-hydrogen) atoms. The fourth-order valence-electron chi connectivity index (χ4n) is 3.80. The molecule has 6 heteroatoms. The molecule has 1 aliphatic carbocycles. The van der Waals surface area contributed by atoms with Gasteiger partial charge in [0.1, 0.15) is 0 Å². The lowest BCUT2D eigenvalue weighted by molar-refractivity contribution is -0.130. The van der Waals surface area contributed by atoms with Crippen molar-refractivity contribution in [1.82, 2.24) is 14.8 Å². The van der Waals surface area contributed by atoms with E-state index in [2.05, 4.69) is 40.2 Å². The van der Waals surface area contributed by atoms with Gasteiger partial charge in [-0.15, -0.1) is 0 Å². The zero-order valence-corrected chi connectivity index (χ0v) is 18.4. The molecule has 3 rings (SSSR count). The molecule has 1 aromatic heterocycles. The van der Waals surface area contributed by atoms with Crippen molar-refractivity contribution in [2.75, 3.05) is 20.1 Å². The number of rotatable bonds is 13. The standard InChI is InChI=1S/C25H33N3O3/c1-27(24(29)11-7-10-22-18-21(25(30)31)14-15-26-22)16-5-6-17-28(23-12-13-23)19-20-8-3-2-4-9-20/h2-4,8-9,14-15,18,23H,5-7,10-13,16-17,19H2,1H3,(H,30,31). The largest absolute Gasteiger partial charge is 0.478 e. The number of carbonyl (C=O) groups is 2. The van der Waals surface area contributed by atoms with Crippen LogP contribution in [0.5, 0.6) is 0 Å². The lowest BCUT2D eigenvalue weighted by Gasteiger charge is -2.23. The molecule has 0 saturated heterocycles. The fraction of sp³-hybridized carbons (Fsp3) is 0.480. The van der Waals surface area contributed by atoms with Crippen LogP contribution in [0, 0.1) is 0 Å². The van der Waals surface area contributed by atoms with Crippen LogP contribution in [0.4, 0.5) is 0 Å². The summed E-state index contributed by atoms with van der Waals surface area (Å²) in [6.07, 6.45) is 7.94. The molecule has 1 heterocycles. The lowest BCUT2D eigenvalue weighted by Crippen LogP contribution is -2.30. The van der Waals surface area contributed by atoms with Gasteiger partial charge in [0.25, 0.3) is 0 Å². The van der Waals surface area contributed by atoms with E-state index < -0.39 is 5.97 Å². The summed E-state index contributed by atoms with van der Waals surface area (Å²) in [5.41, 5.74) is 2.32. The highest BCUT2D eigenvalue weighted by Crippen LogP contribution is 2.28. The van der Waals surface area contributed by atoms with Crippen LogP contribution in [0.1, 0.15) is 60.1 Å². The maximum atomic E-state index is 12.4. The van der Waals surface area contributed by atoms with Gasteiger partial charge < -0.3 is 10.0 Å². The molecule has 2 aromatic rings. The third-order valence-corrected chi connectivity index (χ3v) is 5.79. The van der Waals surface area contributed by atoms with Crippen LogP contribution in [-0.2, 0) is 17.8 Å². The van der Waals surface area contributed by atoms with Gasteiger partial charge in [-0.1, -0.05) is 30.3 Å². The maximum Gasteiger partial charge on any atom is 0.335 e. The Kier molecular flexibility index (Phi) is 8.59. The van der Waals surface area contributed by atoms with Gasteiger partial charge in [-0.2, -0.15) is 0 Å². The molecule has 0 unspecified atom stereocenters. The van der Waals surface area contributed by atoms with Crippen molar-refractivity contribution in [1.29, 1.82) is 0 Å². The number of unbranched alkanes of at least 4 members (excludes halogenated alkanes) is 1. The second-order valence-electron chi connectivity index (χ2n) is 8.40. The first kappa shape index (κ1) is 22.9. The first-order valence-corrected chi connectivity index (χ1v) is 11.2. The number of hydrogen-bond acceptors (Lipinski definition) is 4. The van der Waals surface area contributed by atoms with E-state index in [-0.39, 0.29) is 11.5 Å². The minimum atomic E-state index is -0.955. The van der Waals surface area contributed by atoms with E-state index in [1.165, 1.54) is 30.7 Å². The van der Waals surface area contributed by atoms with Crippen molar-refractivity contribution in [3.8, 4) is 0 Å². The minimum absolute atomic E-state index is 0.137. The number of aryl methyl sites for hydroxylation is 1. The van der Waals surface area contributed by atoms with Crippen LogP contribution in [0.2, 0.25) is 0 Å². The molecule has 1 saturated carbocycles. The average Bonchev–Trinajstić information content (AvgIpc) is 3.62. The topological polar surface area (TPSA) is 73.7 Å². The summed E-state index contributed by atoms with van der Waals surface area (Å²) >= 11 is 0. The second kappa shape index (κ2) is 11.6. The number of aromatic carboxylic acids is 1. The Morgan fingerprint density at radius 1 is 1.06 bits per heavy atom. The van der Waals surface area contributed by atoms with E-state index in [1.54, 1.807) is 6.07 Å². The Balaban J connectivity index is 1.32. The number of pyridine rings is 1. The molecule has 1 amide bonds. The Morgan fingerprint density at radius 2 is 1.81 bits per heavy atom. The van der Waals surface area contributed by atoms with Crippen molar-refractivity contribution in [3.63, 3.8) is 0 Å². The van der Waals surface area contributed by atoms with E-state index in [4.69, 9.17) is 5.11 Å². The normalized spacial score (nSPS) is 13.4. The van der Waals surface area contributed by atoms with Gasteiger partial charge in [0.2, 0.25) is 5.91 Å². The number of hydrogen-bond donors (Lipinski definition) is 1. The molecule has 0 atom stereocenters. The zero-order chi connectivity index (χ0) is 22.1. The van der Waals surface area contributed by atoms with Gasteiger partial charge in [-0.3, -0.25) is 14.7 Å². The van der Waals surface area contributed by atoms with Crippen LogP contribution in [0.25, 0.3) is 0 Å². The second-order valence-corrected chi connectivity index (χ2v) is 8.40. The Morgan fingerprint density at radius 3 is 2.52 bits per heavy atom. The highest BCUT2D eigenvalue weighted by Gasteiger charge is 2.28. The van der Waals surface area contributed by atoms with Crippen molar-refractivity contribution in [3.05, 3.63) is 65.5 Å². The third kappa shape index (κ3) is 7.79. The lowest BCUT2D eigenvalue weighted by atomic mass is 10.1. The van der Waals surface area contributed by atoms with Gasteiger partial charge in [-0.25, -0.2) is 4.79 Å². The number of carboxylic acid groups (broad SMARTS) is 1. The van der Waals surface area contributed by atoms with Crippen LogP contribution in [-0.4, -0.2) is 57.9 Å². The maximum absolute atomic E-state index is 12.4. The number of carboxylic acids is 1. The molecule has 6 nitrogen and oxygen atoms in total. The smallest absolute Gasteiger partial charge is 0.335 e. The van der Waals surface area contributed by atoms with E-state index >= 15 is 0 Å².